The highest BCUT2D eigenvalue weighted by atomic mass is 32.2. The number of hydrogen-bond acceptors (Lipinski definition) is 6. The van der Waals surface area contributed by atoms with Gasteiger partial charge in [-0.05, 0) is 25.8 Å². The van der Waals surface area contributed by atoms with Crippen molar-refractivity contribution in [1.82, 2.24) is 15.1 Å². The summed E-state index contributed by atoms with van der Waals surface area (Å²) in [6, 6.07) is 5.78. The molecule has 3 rings (SSSR count). The summed E-state index contributed by atoms with van der Waals surface area (Å²) >= 11 is 1.22. The molecule has 7 heteroatoms. The van der Waals surface area contributed by atoms with Gasteiger partial charge in [-0.1, -0.05) is 35.5 Å². The van der Waals surface area contributed by atoms with Crippen LogP contribution in [0.25, 0.3) is 0 Å². The molecule has 0 radical (unpaired) electrons. The molecule has 1 aliphatic heterocycles. The highest BCUT2D eigenvalue weighted by Crippen LogP contribution is 2.21. The largest absolute Gasteiger partial charge is 0.414 e. The quantitative estimate of drug-likeness (QED) is 0.592. The maximum Gasteiger partial charge on any atom is 0.277 e. The van der Waals surface area contributed by atoms with Crippen LogP contribution in [-0.2, 0) is 11.3 Å². The molecule has 2 heterocycles. The molecular weight excluding hydrogens is 326 g/mol. The number of hydrogen-bond donors (Lipinski definition) is 0. The number of aryl methyl sites for hydroxylation is 2. The van der Waals surface area contributed by atoms with Crippen LogP contribution in [0, 0.1) is 13.8 Å². The van der Waals surface area contributed by atoms with Crippen LogP contribution in [0.3, 0.4) is 0 Å². The predicted molar refractivity (Wildman–Crippen MR) is 89.9 cm³/mol. The van der Waals surface area contributed by atoms with Gasteiger partial charge in [0.15, 0.2) is 5.78 Å². The zero-order valence-electron chi connectivity index (χ0n) is 13.7. The number of aromatic nitrogens is 2. The molecule has 0 bridgehead atoms. The average molecular weight is 345 g/mol. The molecule has 0 N–H and O–H groups in total. The summed E-state index contributed by atoms with van der Waals surface area (Å²) in [7, 11) is 0. The fourth-order valence-electron chi connectivity index (χ4n) is 2.73. The summed E-state index contributed by atoms with van der Waals surface area (Å²) in [6.45, 7) is 5.01. The molecule has 2 aromatic rings. The van der Waals surface area contributed by atoms with Crippen molar-refractivity contribution in [2.75, 3.05) is 12.3 Å². The Bertz CT molecular complexity index is 772. The van der Waals surface area contributed by atoms with Gasteiger partial charge in [0.25, 0.3) is 5.22 Å². The number of Topliss-reactive ketones (excluding diaryl/α,β-unsaturated/α-hetero) is 1. The minimum absolute atomic E-state index is 0.0342. The highest BCUT2D eigenvalue weighted by Gasteiger charge is 2.22. The van der Waals surface area contributed by atoms with E-state index in [0.29, 0.717) is 24.1 Å². The van der Waals surface area contributed by atoms with Crippen LogP contribution in [0.5, 0.6) is 0 Å². The Labute approximate surface area is 144 Å². The molecule has 6 nitrogen and oxygen atoms in total. The van der Waals surface area contributed by atoms with Gasteiger partial charge < -0.3 is 9.32 Å². The molecule has 1 fully saturated rings. The van der Waals surface area contributed by atoms with E-state index in [1.807, 2.05) is 32.0 Å². The first-order valence-corrected chi connectivity index (χ1v) is 8.85. The predicted octanol–water partition coefficient (Wildman–Crippen LogP) is 2.78. The maximum absolute atomic E-state index is 12.3. The van der Waals surface area contributed by atoms with Crippen LogP contribution >= 0.6 is 11.8 Å². The lowest BCUT2D eigenvalue weighted by Crippen LogP contribution is -2.23. The van der Waals surface area contributed by atoms with E-state index < -0.39 is 0 Å². The van der Waals surface area contributed by atoms with Crippen LogP contribution in [-0.4, -0.2) is 39.1 Å². The minimum atomic E-state index is 0.0342. The normalized spacial score (nSPS) is 14.4. The van der Waals surface area contributed by atoms with Crippen molar-refractivity contribution in [3.05, 3.63) is 40.8 Å². The molecule has 0 spiro atoms. The SMILES string of the molecule is Cc1ccc(C(=O)CSc2nnc(CN3CCCC3=O)o2)c(C)c1. The van der Waals surface area contributed by atoms with E-state index in [4.69, 9.17) is 4.42 Å². The van der Waals surface area contributed by atoms with Gasteiger partial charge in [-0.2, -0.15) is 0 Å². The Kier molecular flexibility index (Phi) is 4.99. The van der Waals surface area contributed by atoms with Crippen LogP contribution in [0.4, 0.5) is 0 Å². The van der Waals surface area contributed by atoms with Gasteiger partial charge in [-0.15, -0.1) is 10.2 Å². The molecule has 1 aromatic heterocycles. The summed E-state index contributed by atoms with van der Waals surface area (Å²) in [4.78, 5) is 25.6. The van der Waals surface area contributed by atoms with Crippen molar-refractivity contribution in [3.8, 4) is 0 Å². The van der Waals surface area contributed by atoms with E-state index in [1.54, 1.807) is 4.90 Å². The summed E-state index contributed by atoms with van der Waals surface area (Å²) in [6.07, 6.45) is 1.46. The summed E-state index contributed by atoms with van der Waals surface area (Å²) < 4.78 is 5.52. The Hall–Kier alpha value is -2.15. The molecule has 1 aromatic carbocycles. The van der Waals surface area contributed by atoms with Crippen LogP contribution < -0.4 is 0 Å². The first-order chi connectivity index (χ1) is 11.5. The molecule has 0 unspecified atom stereocenters. The van der Waals surface area contributed by atoms with Gasteiger partial charge in [0.1, 0.15) is 0 Å². The summed E-state index contributed by atoms with van der Waals surface area (Å²) in [5.41, 5.74) is 2.82. The summed E-state index contributed by atoms with van der Waals surface area (Å²) in [5.74, 6) is 0.805. The lowest BCUT2D eigenvalue weighted by molar-refractivity contribution is -0.128. The van der Waals surface area contributed by atoms with E-state index in [-0.39, 0.29) is 17.4 Å². The van der Waals surface area contributed by atoms with Gasteiger partial charge in [-0.3, -0.25) is 9.59 Å². The average Bonchev–Trinajstić information content (AvgIpc) is 3.15. The van der Waals surface area contributed by atoms with E-state index in [0.717, 1.165) is 29.7 Å². The number of carbonyl (C=O) groups is 2. The molecule has 126 valence electrons. The maximum atomic E-state index is 12.3. The number of thioether (sulfide) groups is 1. The molecular formula is C17H19N3O3S. The molecule has 1 saturated heterocycles. The van der Waals surface area contributed by atoms with Gasteiger partial charge >= 0.3 is 0 Å². The third kappa shape index (κ3) is 3.84. The topological polar surface area (TPSA) is 76.3 Å². The van der Waals surface area contributed by atoms with Crippen LogP contribution in [0.15, 0.2) is 27.8 Å². The van der Waals surface area contributed by atoms with Gasteiger partial charge in [0.2, 0.25) is 11.8 Å². The second kappa shape index (κ2) is 7.17. The fraction of sp³-hybridized carbons (Fsp3) is 0.412. The van der Waals surface area contributed by atoms with E-state index in [9.17, 15) is 9.59 Å². The van der Waals surface area contributed by atoms with Crippen molar-refractivity contribution in [2.45, 2.75) is 38.5 Å². The molecule has 1 amide bonds. The first kappa shape index (κ1) is 16.7. The zero-order valence-corrected chi connectivity index (χ0v) is 14.6. The van der Waals surface area contributed by atoms with Crippen molar-refractivity contribution >= 4 is 23.5 Å². The zero-order chi connectivity index (χ0) is 17.1. The molecule has 1 aliphatic rings. The van der Waals surface area contributed by atoms with E-state index >= 15 is 0 Å². The number of benzene rings is 1. The van der Waals surface area contributed by atoms with Crippen LogP contribution in [0.2, 0.25) is 0 Å². The van der Waals surface area contributed by atoms with Crippen molar-refractivity contribution in [3.63, 3.8) is 0 Å². The van der Waals surface area contributed by atoms with Crippen molar-refractivity contribution in [2.24, 2.45) is 0 Å². The summed E-state index contributed by atoms with van der Waals surface area (Å²) in [5, 5.41) is 8.25. The van der Waals surface area contributed by atoms with Gasteiger partial charge in [0, 0.05) is 18.5 Å². The Morgan fingerprint density at radius 3 is 2.88 bits per heavy atom. The minimum Gasteiger partial charge on any atom is -0.414 e. The lowest BCUT2D eigenvalue weighted by Gasteiger charge is -2.11. The second-order valence-electron chi connectivity index (χ2n) is 5.91. The first-order valence-electron chi connectivity index (χ1n) is 7.86. The smallest absolute Gasteiger partial charge is 0.277 e. The van der Waals surface area contributed by atoms with Crippen molar-refractivity contribution < 1.29 is 14.0 Å². The second-order valence-corrected chi connectivity index (χ2v) is 6.84. The lowest BCUT2D eigenvalue weighted by atomic mass is 10.0. The number of likely N-dealkylation sites (tertiary alicyclic amines) is 1. The molecule has 24 heavy (non-hydrogen) atoms. The Morgan fingerprint density at radius 1 is 1.33 bits per heavy atom. The Balaban J connectivity index is 1.57. The molecule has 0 atom stereocenters. The molecule has 0 aliphatic carbocycles. The third-order valence-electron chi connectivity index (χ3n) is 3.95. The number of nitrogens with zero attached hydrogens (tertiary/aromatic N) is 3. The Morgan fingerprint density at radius 2 is 2.17 bits per heavy atom. The van der Waals surface area contributed by atoms with Crippen LogP contribution in [0.1, 0.15) is 40.2 Å². The highest BCUT2D eigenvalue weighted by molar-refractivity contribution is 7.99. The van der Waals surface area contributed by atoms with Gasteiger partial charge in [0.05, 0.1) is 12.3 Å². The van der Waals surface area contributed by atoms with Crippen molar-refractivity contribution in [1.29, 1.82) is 0 Å². The number of rotatable bonds is 6. The molecule has 0 saturated carbocycles. The fourth-order valence-corrected chi connectivity index (χ4v) is 3.39. The third-order valence-corrected chi connectivity index (χ3v) is 4.77. The van der Waals surface area contributed by atoms with Gasteiger partial charge in [-0.25, -0.2) is 0 Å². The van der Waals surface area contributed by atoms with E-state index in [2.05, 4.69) is 10.2 Å². The number of amides is 1. The number of carbonyl (C=O) groups excluding carboxylic acids is 2. The number of ketones is 1. The van der Waals surface area contributed by atoms with E-state index in [1.165, 1.54) is 11.8 Å². The standard InChI is InChI=1S/C17H19N3O3S/c1-11-5-6-13(12(2)8-11)14(21)10-24-17-19-18-15(23-17)9-20-7-3-4-16(20)22/h5-6,8H,3-4,7,9-10H2,1-2H3. The monoisotopic (exact) mass is 345 g/mol.